The highest BCUT2D eigenvalue weighted by Crippen LogP contribution is 2.38. The van der Waals surface area contributed by atoms with Crippen LogP contribution in [0.15, 0.2) is 27.6 Å². The predicted octanol–water partition coefficient (Wildman–Crippen LogP) is 4.82. The van der Waals surface area contributed by atoms with E-state index in [4.69, 9.17) is 0 Å². The highest BCUT2D eigenvalue weighted by atomic mass is 79.9. The van der Waals surface area contributed by atoms with Gasteiger partial charge in [0, 0.05) is 14.6 Å². The molecule has 98 valence electrons. The van der Waals surface area contributed by atoms with Gasteiger partial charge in [-0.2, -0.15) is 0 Å². The largest absolute Gasteiger partial charge is 0.478 e. The molecule has 1 aliphatic rings. The monoisotopic (exact) mass is 328 g/mol. The predicted molar refractivity (Wildman–Crippen MR) is 78.4 cm³/mol. The van der Waals surface area contributed by atoms with Crippen molar-refractivity contribution in [2.45, 2.75) is 42.8 Å². The molecule has 0 amide bonds. The van der Waals surface area contributed by atoms with Gasteiger partial charge in [-0.3, -0.25) is 0 Å². The van der Waals surface area contributed by atoms with E-state index in [1.54, 1.807) is 23.9 Å². The van der Waals surface area contributed by atoms with E-state index in [1.807, 2.05) is 6.07 Å². The Morgan fingerprint density at radius 1 is 1.44 bits per heavy atom. The topological polar surface area (TPSA) is 37.3 Å². The van der Waals surface area contributed by atoms with Crippen molar-refractivity contribution in [3.63, 3.8) is 0 Å². The Kier molecular flexibility index (Phi) is 4.73. The molecule has 2 atom stereocenters. The molecule has 0 radical (unpaired) electrons. The average Bonchev–Trinajstić information content (AvgIpc) is 2.28. The lowest BCUT2D eigenvalue weighted by atomic mass is 9.91. The van der Waals surface area contributed by atoms with Crippen LogP contribution in [0.25, 0.3) is 0 Å². The molecule has 18 heavy (non-hydrogen) atoms. The molecule has 2 unspecified atom stereocenters. The Balaban J connectivity index is 2.16. The van der Waals surface area contributed by atoms with Crippen molar-refractivity contribution in [3.8, 4) is 0 Å². The molecule has 0 spiro atoms. The van der Waals surface area contributed by atoms with Crippen molar-refractivity contribution in [2.75, 3.05) is 0 Å². The van der Waals surface area contributed by atoms with Crippen molar-refractivity contribution in [2.24, 2.45) is 5.92 Å². The van der Waals surface area contributed by atoms with Crippen LogP contribution in [0.1, 0.15) is 43.0 Å². The van der Waals surface area contributed by atoms with E-state index in [1.165, 1.54) is 25.7 Å². The van der Waals surface area contributed by atoms with Crippen LogP contribution in [-0.4, -0.2) is 16.3 Å². The molecule has 0 aliphatic heterocycles. The van der Waals surface area contributed by atoms with Crippen molar-refractivity contribution >= 4 is 33.7 Å². The molecular weight excluding hydrogens is 312 g/mol. The first-order valence-corrected chi connectivity index (χ1v) is 7.93. The Bertz CT molecular complexity index is 447. The lowest BCUT2D eigenvalue weighted by molar-refractivity contribution is 0.0693. The van der Waals surface area contributed by atoms with E-state index < -0.39 is 5.97 Å². The maximum atomic E-state index is 11.2. The number of aromatic carboxylic acids is 1. The van der Waals surface area contributed by atoms with Crippen LogP contribution in [0.2, 0.25) is 0 Å². The Labute approximate surface area is 120 Å². The minimum absolute atomic E-state index is 0.418. The van der Waals surface area contributed by atoms with Gasteiger partial charge in [-0.1, -0.05) is 35.7 Å². The van der Waals surface area contributed by atoms with E-state index >= 15 is 0 Å². The highest BCUT2D eigenvalue weighted by Gasteiger charge is 2.22. The molecule has 0 heterocycles. The molecule has 2 rings (SSSR count). The first-order valence-electron chi connectivity index (χ1n) is 6.25. The summed E-state index contributed by atoms with van der Waals surface area (Å²) in [6.07, 6.45) is 4.95. The van der Waals surface area contributed by atoms with Crippen LogP contribution in [0, 0.1) is 5.92 Å². The summed E-state index contributed by atoms with van der Waals surface area (Å²) >= 11 is 5.14. The summed E-state index contributed by atoms with van der Waals surface area (Å²) in [6, 6.07) is 5.39. The van der Waals surface area contributed by atoms with Gasteiger partial charge in [-0.15, -0.1) is 11.8 Å². The van der Waals surface area contributed by atoms with Gasteiger partial charge in [0.15, 0.2) is 0 Å². The summed E-state index contributed by atoms with van der Waals surface area (Å²) in [5.74, 6) is -0.0782. The summed E-state index contributed by atoms with van der Waals surface area (Å²) in [5.41, 5.74) is 0.418. The third kappa shape index (κ3) is 3.51. The van der Waals surface area contributed by atoms with Crippen molar-refractivity contribution in [3.05, 3.63) is 28.2 Å². The molecule has 1 aromatic rings. The number of rotatable bonds is 3. The number of hydrogen-bond donors (Lipinski definition) is 1. The zero-order valence-corrected chi connectivity index (χ0v) is 12.8. The van der Waals surface area contributed by atoms with Gasteiger partial charge < -0.3 is 5.11 Å². The lowest BCUT2D eigenvalue weighted by Crippen LogP contribution is -2.15. The standard InChI is InChI=1S/C14H17BrO2S/c1-9-3-2-4-11(7-9)18-13-8-10(15)5-6-12(13)14(16)17/h5-6,8-9,11H,2-4,7H2,1H3,(H,16,17). The number of carbonyl (C=O) groups is 1. The summed E-state index contributed by atoms with van der Waals surface area (Å²) in [7, 11) is 0. The van der Waals surface area contributed by atoms with Gasteiger partial charge >= 0.3 is 5.97 Å². The van der Waals surface area contributed by atoms with Crippen molar-refractivity contribution < 1.29 is 9.90 Å². The van der Waals surface area contributed by atoms with Gasteiger partial charge in [0.1, 0.15) is 0 Å². The minimum atomic E-state index is -0.839. The summed E-state index contributed by atoms with van der Waals surface area (Å²) < 4.78 is 0.943. The normalized spacial score (nSPS) is 23.9. The summed E-state index contributed by atoms with van der Waals surface area (Å²) in [5, 5.41) is 9.77. The maximum Gasteiger partial charge on any atom is 0.336 e. The van der Waals surface area contributed by atoms with E-state index in [0.717, 1.165) is 15.3 Å². The van der Waals surface area contributed by atoms with Gasteiger partial charge in [0.2, 0.25) is 0 Å². The average molecular weight is 329 g/mol. The van der Waals surface area contributed by atoms with Crippen LogP contribution < -0.4 is 0 Å². The van der Waals surface area contributed by atoms with Crippen molar-refractivity contribution in [1.29, 1.82) is 0 Å². The number of carboxylic acid groups (broad SMARTS) is 1. The Morgan fingerprint density at radius 3 is 2.89 bits per heavy atom. The number of halogens is 1. The van der Waals surface area contributed by atoms with Crippen molar-refractivity contribution in [1.82, 2.24) is 0 Å². The van der Waals surface area contributed by atoms with Crippen LogP contribution >= 0.6 is 27.7 Å². The molecule has 0 saturated heterocycles. The second-order valence-electron chi connectivity index (χ2n) is 4.96. The van der Waals surface area contributed by atoms with Gasteiger partial charge in [0.05, 0.1) is 5.56 Å². The molecule has 0 aromatic heterocycles. The quantitative estimate of drug-likeness (QED) is 0.864. The first-order chi connectivity index (χ1) is 8.56. The van der Waals surface area contributed by atoms with E-state index in [0.29, 0.717) is 10.8 Å². The summed E-state index contributed by atoms with van der Waals surface area (Å²) in [4.78, 5) is 12.1. The number of thioether (sulfide) groups is 1. The lowest BCUT2D eigenvalue weighted by Gasteiger charge is -2.26. The fourth-order valence-corrected chi connectivity index (χ4v) is 4.49. The molecule has 1 N–H and O–H groups in total. The van der Waals surface area contributed by atoms with Crippen LogP contribution in [0.4, 0.5) is 0 Å². The molecule has 1 aliphatic carbocycles. The number of carboxylic acids is 1. The molecular formula is C14H17BrO2S. The molecule has 4 heteroatoms. The van der Waals surface area contributed by atoms with E-state index in [-0.39, 0.29) is 0 Å². The van der Waals surface area contributed by atoms with Crippen LogP contribution in [0.5, 0.6) is 0 Å². The maximum absolute atomic E-state index is 11.2. The fourth-order valence-electron chi connectivity index (χ4n) is 2.44. The molecule has 1 aromatic carbocycles. The first kappa shape index (κ1) is 13.9. The third-order valence-electron chi connectivity index (χ3n) is 3.36. The second-order valence-corrected chi connectivity index (χ2v) is 7.22. The van der Waals surface area contributed by atoms with Gasteiger partial charge in [-0.25, -0.2) is 4.79 Å². The van der Waals surface area contributed by atoms with Crippen LogP contribution in [0.3, 0.4) is 0 Å². The van der Waals surface area contributed by atoms with Crippen LogP contribution in [-0.2, 0) is 0 Å². The second kappa shape index (κ2) is 6.11. The highest BCUT2D eigenvalue weighted by molar-refractivity contribution is 9.10. The molecule has 2 nitrogen and oxygen atoms in total. The molecule has 1 saturated carbocycles. The Morgan fingerprint density at radius 2 is 2.22 bits per heavy atom. The SMILES string of the molecule is CC1CCCC(Sc2cc(Br)ccc2C(=O)O)C1. The zero-order valence-electron chi connectivity index (χ0n) is 10.4. The minimum Gasteiger partial charge on any atom is -0.478 e. The fraction of sp³-hybridized carbons (Fsp3) is 0.500. The van der Waals surface area contributed by atoms with E-state index in [9.17, 15) is 9.90 Å². The number of benzene rings is 1. The van der Waals surface area contributed by atoms with Gasteiger partial charge in [0.25, 0.3) is 0 Å². The van der Waals surface area contributed by atoms with Gasteiger partial charge in [-0.05, 0) is 37.0 Å². The molecule has 0 bridgehead atoms. The number of hydrogen-bond acceptors (Lipinski definition) is 2. The van der Waals surface area contributed by atoms with E-state index in [2.05, 4.69) is 22.9 Å². The smallest absolute Gasteiger partial charge is 0.336 e. The Hall–Kier alpha value is -0.480. The summed E-state index contributed by atoms with van der Waals surface area (Å²) in [6.45, 7) is 2.28. The third-order valence-corrected chi connectivity index (χ3v) is 5.20. The zero-order chi connectivity index (χ0) is 13.1. The molecule has 1 fully saturated rings.